The Morgan fingerprint density at radius 1 is 1.45 bits per heavy atom. The van der Waals surface area contributed by atoms with Gasteiger partial charge in [0.1, 0.15) is 0 Å². The molecule has 1 unspecified atom stereocenters. The first-order valence-electron chi connectivity index (χ1n) is 6.99. The van der Waals surface area contributed by atoms with E-state index in [9.17, 15) is 12.8 Å². The van der Waals surface area contributed by atoms with Crippen molar-refractivity contribution in [3.05, 3.63) is 23.5 Å². The van der Waals surface area contributed by atoms with Crippen LogP contribution in [0.5, 0.6) is 5.75 Å². The maximum Gasteiger partial charge on any atom is 0.240 e. The van der Waals surface area contributed by atoms with Gasteiger partial charge in [0, 0.05) is 12.1 Å². The number of rotatable bonds is 6. The van der Waals surface area contributed by atoms with Gasteiger partial charge in [0.05, 0.1) is 12.0 Å². The zero-order chi connectivity index (χ0) is 15.5. The van der Waals surface area contributed by atoms with Crippen LogP contribution < -0.4 is 14.8 Å². The average molecular weight is 353 g/mol. The van der Waals surface area contributed by atoms with E-state index in [-0.39, 0.29) is 28.6 Å². The van der Waals surface area contributed by atoms with Crippen molar-refractivity contribution in [2.45, 2.75) is 24.7 Å². The van der Waals surface area contributed by atoms with Crippen molar-refractivity contribution in [1.29, 1.82) is 0 Å². The van der Waals surface area contributed by atoms with E-state index < -0.39 is 15.8 Å². The van der Waals surface area contributed by atoms with Gasteiger partial charge >= 0.3 is 0 Å². The van der Waals surface area contributed by atoms with E-state index in [2.05, 4.69) is 10.0 Å². The van der Waals surface area contributed by atoms with Crippen molar-refractivity contribution in [2.24, 2.45) is 5.92 Å². The van der Waals surface area contributed by atoms with Gasteiger partial charge in [-0.1, -0.05) is 0 Å². The highest BCUT2D eigenvalue weighted by atomic mass is 35.5. The van der Waals surface area contributed by atoms with Crippen LogP contribution in [0.1, 0.15) is 18.4 Å². The Morgan fingerprint density at radius 3 is 2.77 bits per heavy atom. The van der Waals surface area contributed by atoms with Crippen LogP contribution in [0.4, 0.5) is 4.39 Å². The lowest BCUT2D eigenvalue weighted by atomic mass is 10.1. The van der Waals surface area contributed by atoms with Crippen LogP contribution in [-0.4, -0.2) is 35.2 Å². The van der Waals surface area contributed by atoms with E-state index in [1.165, 1.54) is 26.2 Å². The number of methoxy groups -OCH3 is 1. The lowest BCUT2D eigenvalue weighted by Gasteiger charge is -2.13. The zero-order valence-corrected chi connectivity index (χ0v) is 14.3. The predicted molar refractivity (Wildman–Crippen MR) is 85.7 cm³/mol. The topological polar surface area (TPSA) is 67.4 Å². The Balaban J connectivity index is 0.00000242. The molecule has 0 saturated carbocycles. The van der Waals surface area contributed by atoms with Crippen molar-refractivity contribution >= 4 is 22.4 Å². The van der Waals surface area contributed by atoms with Crippen molar-refractivity contribution in [2.75, 3.05) is 26.7 Å². The molecule has 0 amide bonds. The van der Waals surface area contributed by atoms with Crippen molar-refractivity contribution < 1.29 is 17.5 Å². The van der Waals surface area contributed by atoms with Crippen LogP contribution in [0.15, 0.2) is 17.0 Å². The van der Waals surface area contributed by atoms with Crippen LogP contribution in [0, 0.1) is 18.7 Å². The molecule has 0 aromatic heterocycles. The van der Waals surface area contributed by atoms with Crippen molar-refractivity contribution in [3.63, 3.8) is 0 Å². The number of halogens is 2. The summed E-state index contributed by atoms with van der Waals surface area (Å²) < 4.78 is 45.8. The molecule has 8 heteroatoms. The van der Waals surface area contributed by atoms with Gasteiger partial charge in [0.15, 0.2) is 11.6 Å². The monoisotopic (exact) mass is 352 g/mol. The smallest absolute Gasteiger partial charge is 0.240 e. The van der Waals surface area contributed by atoms with Gasteiger partial charge < -0.3 is 10.1 Å². The number of hydrogen-bond donors (Lipinski definition) is 2. The molecule has 1 heterocycles. The van der Waals surface area contributed by atoms with Gasteiger partial charge in [-0.15, -0.1) is 12.4 Å². The second-order valence-electron chi connectivity index (χ2n) is 5.25. The first-order chi connectivity index (χ1) is 9.95. The summed E-state index contributed by atoms with van der Waals surface area (Å²) in [5.41, 5.74) is 0.0735. The molecule has 0 bridgehead atoms. The molecule has 22 heavy (non-hydrogen) atoms. The maximum atomic E-state index is 13.9. The highest BCUT2D eigenvalue weighted by Crippen LogP contribution is 2.26. The van der Waals surface area contributed by atoms with Gasteiger partial charge in [0.2, 0.25) is 10.0 Å². The largest absolute Gasteiger partial charge is 0.494 e. The third-order valence-electron chi connectivity index (χ3n) is 3.82. The molecule has 1 aromatic carbocycles. The number of nitrogens with one attached hydrogen (secondary N) is 2. The fourth-order valence-corrected chi connectivity index (χ4v) is 3.81. The molecule has 126 valence electrons. The Morgan fingerprint density at radius 2 is 2.18 bits per heavy atom. The lowest BCUT2D eigenvalue weighted by Crippen LogP contribution is -2.27. The summed E-state index contributed by atoms with van der Waals surface area (Å²) in [4.78, 5) is -0.0367. The molecule has 1 aromatic rings. The van der Waals surface area contributed by atoms with E-state index in [1.54, 1.807) is 0 Å². The van der Waals surface area contributed by atoms with Gasteiger partial charge in [-0.2, -0.15) is 0 Å². The molecule has 1 fully saturated rings. The van der Waals surface area contributed by atoms with E-state index in [4.69, 9.17) is 4.74 Å². The second-order valence-corrected chi connectivity index (χ2v) is 6.99. The summed E-state index contributed by atoms with van der Waals surface area (Å²) in [7, 11) is -2.35. The molecule has 2 rings (SSSR count). The van der Waals surface area contributed by atoms with E-state index in [1.807, 2.05) is 0 Å². The Labute approximate surface area is 137 Å². The summed E-state index contributed by atoms with van der Waals surface area (Å²) in [5, 5.41) is 3.24. The second kappa shape index (κ2) is 8.10. The van der Waals surface area contributed by atoms with E-state index in [0.717, 1.165) is 25.9 Å². The average Bonchev–Trinajstić information content (AvgIpc) is 2.94. The molecule has 1 saturated heterocycles. The minimum Gasteiger partial charge on any atom is -0.494 e. The normalized spacial score (nSPS) is 18.0. The lowest BCUT2D eigenvalue weighted by molar-refractivity contribution is 0.384. The van der Waals surface area contributed by atoms with Gasteiger partial charge in [-0.05, 0) is 50.9 Å². The number of benzene rings is 1. The van der Waals surface area contributed by atoms with E-state index >= 15 is 0 Å². The molecular weight excluding hydrogens is 331 g/mol. The Kier molecular flexibility index (Phi) is 7.05. The van der Waals surface area contributed by atoms with Crippen molar-refractivity contribution in [1.82, 2.24) is 10.0 Å². The standard InChI is InChI=1S/C14H21FN2O3S.ClH/c1-10-13(4-3-12(20-2)14(10)15)21(18,19)17-8-6-11-5-7-16-9-11;/h3-4,11,16-17H,5-9H2,1-2H3;1H. The van der Waals surface area contributed by atoms with Crippen LogP contribution in [0.2, 0.25) is 0 Å². The van der Waals surface area contributed by atoms with Crippen LogP contribution in [0.3, 0.4) is 0 Å². The molecule has 0 radical (unpaired) electrons. The fourth-order valence-electron chi connectivity index (χ4n) is 2.53. The van der Waals surface area contributed by atoms with Crippen LogP contribution >= 0.6 is 12.4 Å². The minimum absolute atomic E-state index is 0. The van der Waals surface area contributed by atoms with Crippen LogP contribution in [0.25, 0.3) is 0 Å². The first kappa shape index (κ1) is 19.2. The summed E-state index contributed by atoms with van der Waals surface area (Å²) in [6.45, 7) is 3.72. The van der Waals surface area contributed by atoms with Gasteiger partial charge in [-0.25, -0.2) is 17.5 Å². The quantitative estimate of drug-likeness (QED) is 0.819. The molecule has 1 aliphatic heterocycles. The number of sulfonamides is 1. The maximum absolute atomic E-state index is 13.9. The van der Waals surface area contributed by atoms with E-state index in [0.29, 0.717) is 12.5 Å². The summed E-state index contributed by atoms with van der Waals surface area (Å²) in [5.74, 6) is -0.0924. The Bertz CT molecular complexity index is 604. The van der Waals surface area contributed by atoms with Crippen molar-refractivity contribution in [3.8, 4) is 5.75 Å². The summed E-state index contributed by atoms with van der Waals surface area (Å²) >= 11 is 0. The summed E-state index contributed by atoms with van der Waals surface area (Å²) in [6, 6.07) is 2.70. The number of hydrogen-bond acceptors (Lipinski definition) is 4. The van der Waals surface area contributed by atoms with Gasteiger partial charge in [-0.3, -0.25) is 0 Å². The SMILES string of the molecule is COc1ccc(S(=O)(=O)NCCC2CCNC2)c(C)c1F.Cl. The molecule has 1 aliphatic rings. The van der Waals surface area contributed by atoms with Crippen LogP contribution in [-0.2, 0) is 10.0 Å². The molecule has 5 nitrogen and oxygen atoms in total. The molecule has 0 aliphatic carbocycles. The minimum atomic E-state index is -3.70. The summed E-state index contributed by atoms with van der Waals surface area (Å²) in [6.07, 6.45) is 1.85. The number of ether oxygens (including phenoxy) is 1. The molecule has 2 N–H and O–H groups in total. The Hall–Kier alpha value is -0.890. The highest BCUT2D eigenvalue weighted by molar-refractivity contribution is 7.89. The highest BCUT2D eigenvalue weighted by Gasteiger charge is 2.22. The third kappa shape index (κ3) is 4.32. The zero-order valence-electron chi connectivity index (χ0n) is 12.7. The third-order valence-corrected chi connectivity index (χ3v) is 5.42. The molecular formula is C14H22ClFN2O3S. The predicted octanol–water partition coefficient (Wildman–Crippen LogP) is 1.84. The molecule has 0 spiro atoms. The first-order valence-corrected chi connectivity index (χ1v) is 8.47. The molecule has 1 atom stereocenters. The van der Waals surface area contributed by atoms with Gasteiger partial charge in [0.25, 0.3) is 0 Å². The fraction of sp³-hybridized carbons (Fsp3) is 0.571.